The minimum atomic E-state index is 0.524. The third kappa shape index (κ3) is 3.17. The molecule has 1 aromatic heterocycles. The smallest absolute Gasteiger partial charge is 0.103 e. The average molecular weight is 294 g/mol. The van der Waals surface area contributed by atoms with Gasteiger partial charge in [-0.1, -0.05) is 28.1 Å². The van der Waals surface area contributed by atoms with Crippen LogP contribution in [0.5, 0.6) is 0 Å². The predicted octanol–water partition coefficient (Wildman–Crippen LogP) is 2.72. The number of nitrogens with one attached hydrogen (secondary N) is 1. The molecule has 0 amide bonds. The highest BCUT2D eigenvalue weighted by Crippen LogP contribution is 2.13. The van der Waals surface area contributed by atoms with Crippen molar-refractivity contribution in [3.05, 3.63) is 51.5 Å². The van der Waals surface area contributed by atoms with Crippen LogP contribution in [0, 0.1) is 6.92 Å². The molecule has 0 saturated carbocycles. The number of hydrogen-bond acceptors (Lipinski definition) is 2. The van der Waals surface area contributed by atoms with Crippen LogP contribution in [0.15, 0.2) is 28.7 Å². The van der Waals surface area contributed by atoms with Crippen molar-refractivity contribution < 1.29 is 0 Å². The molecule has 2 aromatic rings. The van der Waals surface area contributed by atoms with Crippen LogP contribution in [-0.2, 0) is 19.4 Å². The second kappa shape index (κ2) is 5.47. The zero-order valence-corrected chi connectivity index (χ0v) is 11.4. The summed E-state index contributed by atoms with van der Waals surface area (Å²) in [6.07, 6.45) is 1.92. The Morgan fingerprint density at radius 3 is 2.59 bits per heavy atom. The quantitative estimate of drug-likeness (QED) is 0.911. The van der Waals surface area contributed by atoms with Crippen LogP contribution in [-0.4, -0.2) is 9.97 Å². The van der Waals surface area contributed by atoms with Crippen molar-refractivity contribution in [1.29, 1.82) is 0 Å². The number of aryl methyl sites for hydroxylation is 3. The molecule has 0 aliphatic heterocycles. The first-order valence-electron chi connectivity index (χ1n) is 5.68. The van der Waals surface area contributed by atoms with Crippen molar-refractivity contribution in [3.8, 4) is 0 Å². The van der Waals surface area contributed by atoms with Gasteiger partial charge in [0.2, 0.25) is 0 Å². The molecule has 0 fully saturated rings. The van der Waals surface area contributed by atoms with E-state index < -0.39 is 0 Å². The lowest BCUT2D eigenvalue weighted by atomic mass is 10.1. The number of halogens is 1. The highest BCUT2D eigenvalue weighted by atomic mass is 79.9. The van der Waals surface area contributed by atoms with Crippen LogP contribution in [0.25, 0.3) is 0 Å². The van der Waals surface area contributed by atoms with Crippen LogP contribution in [0.3, 0.4) is 0 Å². The molecule has 1 heterocycles. The molecule has 1 aromatic carbocycles. The molecule has 0 radical (unpaired) electrons. The minimum Gasteiger partial charge on any atom is -0.345 e. The summed E-state index contributed by atoms with van der Waals surface area (Å²) in [6.45, 7) is 2.48. The van der Waals surface area contributed by atoms with Gasteiger partial charge in [-0.2, -0.15) is 0 Å². The fraction of sp³-hybridized carbons (Fsp3) is 0.308. The summed E-state index contributed by atoms with van der Waals surface area (Å²) in [6, 6.07) is 8.39. The molecular formula is C13H16BrN3. The van der Waals surface area contributed by atoms with Crippen LogP contribution in [0.4, 0.5) is 0 Å². The summed E-state index contributed by atoms with van der Waals surface area (Å²) in [5.41, 5.74) is 9.14. The number of benzene rings is 1. The van der Waals surface area contributed by atoms with Gasteiger partial charge in [-0.15, -0.1) is 0 Å². The molecule has 0 unspecified atom stereocenters. The fourth-order valence-corrected chi connectivity index (χ4v) is 2.14. The third-order valence-electron chi connectivity index (χ3n) is 2.75. The fourth-order valence-electron chi connectivity index (χ4n) is 1.88. The van der Waals surface area contributed by atoms with Gasteiger partial charge >= 0.3 is 0 Å². The number of aromatic nitrogens is 2. The number of rotatable bonds is 4. The van der Waals surface area contributed by atoms with Gasteiger partial charge in [0.25, 0.3) is 0 Å². The summed E-state index contributed by atoms with van der Waals surface area (Å²) < 4.78 is 1.11. The van der Waals surface area contributed by atoms with Gasteiger partial charge in [-0.05, 0) is 37.5 Å². The van der Waals surface area contributed by atoms with Gasteiger partial charge < -0.3 is 10.7 Å². The Balaban J connectivity index is 2.04. The zero-order valence-electron chi connectivity index (χ0n) is 9.83. The molecule has 0 atom stereocenters. The largest absolute Gasteiger partial charge is 0.345 e. The van der Waals surface area contributed by atoms with Crippen molar-refractivity contribution in [2.24, 2.45) is 5.73 Å². The number of hydrogen-bond donors (Lipinski definition) is 2. The second-order valence-corrected chi connectivity index (χ2v) is 4.99. The van der Waals surface area contributed by atoms with E-state index in [4.69, 9.17) is 5.73 Å². The Morgan fingerprint density at radius 2 is 1.94 bits per heavy atom. The van der Waals surface area contributed by atoms with Crippen molar-refractivity contribution in [2.45, 2.75) is 26.3 Å². The Kier molecular flexibility index (Phi) is 3.97. The first kappa shape index (κ1) is 12.3. The van der Waals surface area contributed by atoms with E-state index in [-0.39, 0.29) is 0 Å². The Hall–Kier alpha value is -1.13. The normalized spacial score (nSPS) is 10.8. The summed E-state index contributed by atoms with van der Waals surface area (Å²) in [5, 5.41) is 0. The molecule has 0 bridgehead atoms. The molecule has 0 saturated heterocycles. The molecule has 0 aliphatic carbocycles. The summed E-state index contributed by atoms with van der Waals surface area (Å²) >= 11 is 3.43. The molecule has 90 valence electrons. The lowest BCUT2D eigenvalue weighted by Gasteiger charge is -2.01. The minimum absolute atomic E-state index is 0.524. The maximum Gasteiger partial charge on any atom is 0.103 e. The van der Waals surface area contributed by atoms with Gasteiger partial charge in [0.1, 0.15) is 5.82 Å². The van der Waals surface area contributed by atoms with Crippen molar-refractivity contribution in [2.75, 3.05) is 0 Å². The van der Waals surface area contributed by atoms with E-state index in [0.29, 0.717) is 6.54 Å². The first-order chi connectivity index (χ1) is 8.19. The monoisotopic (exact) mass is 293 g/mol. The molecule has 3 N–H and O–H groups in total. The topological polar surface area (TPSA) is 54.7 Å². The number of imidazole rings is 1. The van der Waals surface area contributed by atoms with E-state index in [2.05, 4.69) is 50.2 Å². The summed E-state index contributed by atoms with van der Waals surface area (Å²) in [4.78, 5) is 7.67. The van der Waals surface area contributed by atoms with Crippen LogP contribution in [0.2, 0.25) is 0 Å². The molecule has 3 nitrogen and oxygen atoms in total. The average Bonchev–Trinajstić information content (AvgIpc) is 2.69. The highest BCUT2D eigenvalue weighted by Gasteiger charge is 2.06. The van der Waals surface area contributed by atoms with Crippen molar-refractivity contribution in [3.63, 3.8) is 0 Å². The first-order valence-corrected chi connectivity index (χ1v) is 6.47. The molecule has 0 aliphatic rings. The third-order valence-corrected chi connectivity index (χ3v) is 3.28. The van der Waals surface area contributed by atoms with Gasteiger partial charge in [-0.3, -0.25) is 0 Å². The standard InChI is InChI=1S/C13H16BrN3/c1-9-16-12(13(8-15)17-9)7-4-10-2-5-11(14)6-3-10/h2-3,5-6H,4,7-8,15H2,1H3,(H,16,17). The van der Waals surface area contributed by atoms with Crippen LogP contribution < -0.4 is 5.73 Å². The highest BCUT2D eigenvalue weighted by molar-refractivity contribution is 9.10. The van der Waals surface area contributed by atoms with Gasteiger partial charge in [-0.25, -0.2) is 4.98 Å². The second-order valence-electron chi connectivity index (χ2n) is 4.08. The van der Waals surface area contributed by atoms with E-state index in [1.165, 1.54) is 5.56 Å². The van der Waals surface area contributed by atoms with E-state index in [1.807, 2.05) is 6.92 Å². The molecule has 4 heteroatoms. The lowest BCUT2D eigenvalue weighted by molar-refractivity contribution is 0.884. The van der Waals surface area contributed by atoms with E-state index in [0.717, 1.165) is 34.5 Å². The number of nitrogens with zero attached hydrogens (tertiary/aromatic N) is 1. The molecule has 0 spiro atoms. The number of nitrogens with two attached hydrogens (primary N) is 1. The van der Waals surface area contributed by atoms with Gasteiger partial charge in [0.15, 0.2) is 0 Å². The van der Waals surface area contributed by atoms with Gasteiger partial charge in [0.05, 0.1) is 11.4 Å². The molecular weight excluding hydrogens is 278 g/mol. The number of aromatic amines is 1. The maximum atomic E-state index is 5.68. The number of H-pyrrole nitrogens is 1. The van der Waals surface area contributed by atoms with Gasteiger partial charge in [0, 0.05) is 11.0 Å². The SMILES string of the molecule is Cc1nc(CCc2ccc(Br)cc2)c(CN)[nH]1. The Morgan fingerprint density at radius 1 is 1.24 bits per heavy atom. The lowest BCUT2D eigenvalue weighted by Crippen LogP contribution is -2.02. The maximum absolute atomic E-state index is 5.68. The van der Waals surface area contributed by atoms with Crippen LogP contribution >= 0.6 is 15.9 Å². The summed E-state index contributed by atoms with van der Waals surface area (Å²) in [5.74, 6) is 0.941. The van der Waals surface area contributed by atoms with Crippen molar-refractivity contribution in [1.82, 2.24) is 9.97 Å². The molecule has 17 heavy (non-hydrogen) atoms. The predicted molar refractivity (Wildman–Crippen MR) is 72.8 cm³/mol. The van der Waals surface area contributed by atoms with Crippen molar-refractivity contribution >= 4 is 15.9 Å². The summed E-state index contributed by atoms with van der Waals surface area (Å²) in [7, 11) is 0. The Bertz CT molecular complexity index is 488. The Labute approximate surface area is 110 Å². The van der Waals surface area contributed by atoms with E-state index in [1.54, 1.807) is 0 Å². The van der Waals surface area contributed by atoms with Crippen LogP contribution in [0.1, 0.15) is 22.8 Å². The molecule has 2 rings (SSSR count). The van der Waals surface area contributed by atoms with E-state index in [9.17, 15) is 0 Å². The zero-order chi connectivity index (χ0) is 12.3. The van der Waals surface area contributed by atoms with E-state index >= 15 is 0 Å².